The third kappa shape index (κ3) is 3.15. The molecule has 6 nitrogen and oxygen atoms in total. The molecule has 0 bridgehead atoms. The van der Waals surface area contributed by atoms with E-state index in [1.807, 2.05) is 6.92 Å². The fourth-order valence-corrected chi connectivity index (χ4v) is 2.86. The number of amides is 2. The van der Waals surface area contributed by atoms with Gasteiger partial charge in [-0.1, -0.05) is 6.07 Å². The van der Waals surface area contributed by atoms with Gasteiger partial charge in [-0.3, -0.25) is 14.3 Å². The van der Waals surface area contributed by atoms with E-state index in [1.54, 1.807) is 25.4 Å². The van der Waals surface area contributed by atoms with Crippen molar-refractivity contribution in [1.82, 2.24) is 15.1 Å². The lowest BCUT2D eigenvalue weighted by Crippen LogP contribution is -2.52. The number of hydrogen-bond donors (Lipinski definition) is 1. The lowest BCUT2D eigenvalue weighted by molar-refractivity contribution is -0.121. The number of carbonyl (C=O) groups excluding carboxylic acids is 2. The fraction of sp³-hybridized carbons (Fsp3) is 0.353. The molecule has 1 atom stereocenters. The summed E-state index contributed by atoms with van der Waals surface area (Å²) in [6.07, 6.45) is 4.26. The van der Waals surface area contributed by atoms with Crippen LogP contribution in [0.4, 0.5) is 10.1 Å². The summed E-state index contributed by atoms with van der Waals surface area (Å²) in [5.41, 5.74) is 1.53. The topological polar surface area (TPSA) is 67.2 Å². The van der Waals surface area contributed by atoms with E-state index in [0.29, 0.717) is 24.9 Å². The van der Waals surface area contributed by atoms with E-state index in [1.165, 1.54) is 21.8 Å². The number of rotatable bonds is 3. The second kappa shape index (κ2) is 6.43. The second-order valence-electron chi connectivity index (χ2n) is 6.02. The van der Waals surface area contributed by atoms with Gasteiger partial charge in [0.2, 0.25) is 5.91 Å². The second-order valence-corrected chi connectivity index (χ2v) is 6.02. The first-order valence-corrected chi connectivity index (χ1v) is 7.83. The highest BCUT2D eigenvalue weighted by molar-refractivity contribution is 6.02. The monoisotopic (exact) mass is 330 g/mol. The summed E-state index contributed by atoms with van der Waals surface area (Å²) in [6.45, 7) is 2.29. The van der Waals surface area contributed by atoms with Crippen LogP contribution in [0.25, 0.3) is 0 Å². The van der Waals surface area contributed by atoms with Crippen LogP contribution >= 0.6 is 0 Å². The lowest BCUT2D eigenvalue weighted by Gasteiger charge is -2.33. The van der Waals surface area contributed by atoms with E-state index in [-0.39, 0.29) is 17.5 Å². The molecular formula is C17H19FN4O2. The van der Waals surface area contributed by atoms with Crippen molar-refractivity contribution in [3.63, 3.8) is 0 Å². The molecule has 0 aliphatic carbocycles. The molecule has 0 radical (unpaired) electrons. The Morgan fingerprint density at radius 1 is 1.42 bits per heavy atom. The Morgan fingerprint density at radius 2 is 2.21 bits per heavy atom. The minimum atomic E-state index is -0.661. The van der Waals surface area contributed by atoms with E-state index in [9.17, 15) is 14.0 Å². The Balaban J connectivity index is 1.77. The van der Waals surface area contributed by atoms with Gasteiger partial charge < -0.3 is 10.2 Å². The summed E-state index contributed by atoms with van der Waals surface area (Å²) >= 11 is 0. The first kappa shape index (κ1) is 16.2. The predicted molar refractivity (Wildman–Crippen MR) is 87.2 cm³/mol. The molecule has 2 amide bonds. The number of aryl methyl sites for hydroxylation is 2. The number of carbonyl (C=O) groups is 2. The first-order valence-electron chi connectivity index (χ1n) is 7.83. The van der Waals surface area contributed by atoms with Gasteiger partial charge in [0.1, 0.15) is 11.9 Å². The van der Waals surface area contributed by atoms with Gasteiger partial charge in [0, 0.05) is 19.8 Å². The van der Waals surface area contributed by atoms with Gasteiger partial charge in [-0.2, -0.15) is 5.10 Å². The molecule has 0 spiro atoms. The van der Waals surface area contributed by atoms with Crippen molar-refractivity contribution in [3.05, 3.63) is 47.5 Å². The van der Waals surface area contributed by atoms with Crippen LogP contribution in [0.3, 0.4) is 0 Å². The number of benzene rings is 1. The first-order chi connectivity index (χ1) is 11.5. The molecule has 1 saturated heterocycles. The summed E-state index contributed by atoms with van der Waals surface area (Å²) in [6, 6.07) is 4.01. The molecule has 2 aromatic rings. The maximum absolute atomic E-state index is 14.1. The van der Waals surface area contributed by atoms with Crippen molar-refractivity contribution in [3.8, 4) is 0 Å². The summed E-state index contributed by atoms with van der Waals surface area (Å²) in [5, 5.41) is 6.67. The Morgan fingerprint density at radius 3 is 2.92 bits per heavy atom. The molecule has 2 heterocycles. The van der Waals surface area contributed by atoms with Crippen molar-refractivity contribution in [1.29, 1.82) is 0 Å². The molecular weight excluding hydrogens is 311 g/mol. The van der Waals surface area contributed by atoms with Crippen LogP contribution in [0.15, 0.2) is 30.6 Å². The van der Waals surface area contributed by atoms with Gasteiger partial charge >= 0.3 is 0 Å². The average Bonchev–Trinajstić information content (AvgIpc) is 2.98. The summed E-state index contributed by atoms with van der Waals surface area (Å²) in [5.74, 6) is -1.08. The van der Waals surface area contributed by atoms with Gasteiger partial charge in [-0.25, -0.2) is 4.39 Å². The zero-order valence-electron chi connectivity index (χ0n) is 13.6. The van der Waals surface area contributed by atoms with Crippen molar-refractivity contribution >= 4 is 17.5 Å². The van der Waals surface area contributed by atoms with E-state index < -0.39 is 11.9 Å². The van der Waals surface area contributed by atoms with E-state index in [4.69, 9.17) is 0 Å². The zero-order valence-corrected chi connectivity index (χ0v) is 13.6. The molecule has 126 valence electrons. The number of piperidine rings is 1. The van der Waals surface area contributed by atoms with E-state index in [2.05, 4.69) is 10.4 Å². The van der Waals surface area contributed by atoms with Gasteiger partial charge in [0.15, 0.2) is 0 Å². The number of hydrogen-bond acceptors (Lipinski definition) is 3. The lowest BCUT2D eigenvalue weighted by atomic mass is 10.0. The van der Waals surface area contributed by atoms with Crippen LogP contribution in [-0.4, -0.2) is 34.2 Å². The smallest absolute Gasteiger partial charge is 0.255 e. The van der Waals surface area contributed by atoms with Crippen molar-refractivity contribution in [2.45, 2.75) is 25.8 Å². The number of halogens is 1. The standard InChI is InChI=1S/C17H19FN4O2/c1-11-5-6-13(18)15(8-11)22-7-3-4-14(17(22)24)20-16(23)12-9-19-21(2)10-12/h5-6,8-10,14H,3-4,7H2,1-2H3,(H,20,23). The highest BCUT2D eigenvalue weighted by Crippen LogP contribution is 2.25. The summed E-state index contributed by atoms with van der Waals surface area (Å²) in [4.78, 5) is 26.3. The fourth-order valence-electron chi connectivity index (χ4n) is 2.86. The summed E-state index contributed by atoms with van der Waals surface area (Å²) < 4.78 is 15.6. The molecule has 1 aliphatic rings. The number of anilines is 1. The molecule has 24 heavy (non-hydrogen) atoms. The van der Waals surface area contributed by atoms with E-state index >= 15 is 0 Å². The zero-order chi connectivity index (χ0) is 17.3. The molecule has 7 heteroatoms. The third-order valence-corrected chi connectivity index (χ3v) is 4.10. The maximum atomic E-state index is 14.1. The molecule has 3 rings (SSSR count). The van der Waals surface area contributed by atoms with Gasteiger partial charge in [-0.15, -0.1) is 0 Å². The number of nitrogens with zero attached hydrogens (tertiary/aromatic N) is 3. The van der Waals surface area contributed by atoms with Gasteiger partial charge in [0.25, 0.3) is 5.91 Å². The van der Waals surface area contributed by atoms with E-state index in [0.717, 1.165) is 5.56 Å². The van der Waals surface area contributed by atoms with Crippen LogP contribution in [0.2, 0.25) is 0 Å². The molecule has 1 aromatic heterocycles. The predicted octanol–water partition coefficient (Wildman–Crippen LogP) is 1.79. The quantitative estimate of drug-likeness (QED) is 0.933. The van der Waals surface area contributed by atoms with Gasteiger partial charge in [-0.05, 0) is 37.5 Å². The highest BCUT2D eigenvalue weighted by Gasteiger charge is 2.32. The number of aromatic nitrogens is 2. The highest BCUT2D eigenvalue weighted by atomic mass is 19.1. The van der Waals surface area contributed by atoms with Crippen molar-refractivity contribution < 1.29 is 14.0 Å². The SMILES string of the molecule is Cc1ccc(F)c(N2CCCC(NC(=O)c3cnn(C)c3)C2=O)c1. The Bertz CT molecular complexity index is 787. The van der Waals surface area contributed by atoms with Crippen LogP contribution in [-0.2, 0) is 11.8 Å². The molecule has 1 aliphatic heterocycles. The molecule has 1 N–H and O–H groups in total. The minimum Gasteiger partial charge on any atom is -0.340 e. The van der Waals surface area contributed by atoms with Crippen molar-refractivity contribution in [2.75, 3.05) is 11.4 Å². The largest absolute Gasteiger partial charge is 0.340 e. The average molecular weight is 330 g/mol. The van der Waals surface area contributed by atoms with Crippen LogP contribution in [0, 0.1) is 12.7 Å². The molecule has 1 fully saturated rings. The molecule has 1 unspecified atom stereocenters. The molecule has 1 aromatic carbocycles. The van der Waals surface area contributed by atoms with Crippen molar-refractivity contribution in [2.24, 2.45) is 7.05 Å². The minimum absolute atomic E-state index is 0.264. The van der Waals surface area contributed by atoms with Crippen LogP contribution in [0.5, 0.6) is 0 Å². The third-order valence-electron chi connectivity index (χ3n) is 4.10. The van der Waals surface area contributed by atoms with Crippen LogP contribution in [0.1, 0.15) is 28.8 Å². The normalized spacial score (nSPS) is 17.9. The maximum Gasteiger partial charge on any atom is 0.255 e. The van der Waals surface area contributed by atoms with Crippen LogP contribution < -0.4 is 10.2 Å². The molecule has 0 saturated carbocycles. The Labute approximate surface area is 139 Å². The Kier molecular flexibility index (Phi) is 4.33. The number of nitrogens with one attached hydrogen (secondary N) is 1. The summed E-state index contributed by atoms with van der Waals surface area (Å²) in [7, 11) is 1.71. The van der Waals surface area contributed by atoms with Gasteiger partial charge in [0.05, 0.1) is 17.4 Å². The Hall–Kier alpha value is -2.70.